The zero-order valence-electron chi connectivity index (χ0n) is 20.0. The van der Waals surface area contributed by atoms with E-state index in [-0.39, 0.29) is 0 Å². The second kappa shape index (κ2) is 9.93. The van der Waals surface area contributed by atoms with Crippen molar-refractivity contribution in [2.45, 2.75) is 38.1 Å². The standard InChI is InChI=1S/C28H29N3O2S2/c1-21-5-9-23(10-6-21)19-31-27(20-34-28(31)29-25-13-7-22(2)8-14-25)24-11-15-26(16-12-24)35(32,33)30-17-3-4-18-30/h5-16,20H,3-4,17-19H2,1-2H3. The monoisotopic (exact) mass is 503 g/mol. The maximum Gasteiger partial charge on any atom is 0.243 e. The Morgan fingerprint density at radius 1 is 0.829 bits per heavy atom. The van der Waals surface area contributed by atoms with Gasteiger partial charge >= 0.3 is 0 Å². The number of aryl methyl sites for hydroxylation is 2. The smallest absolute Gasteiger partial charge is 0.243 e. The predicted molar refractivity (Wildman–Crippen MR) is 142 cm³/mol. The van der Waals surface area contributed by atoms with Crippen molar-refractivity contribution in [3.63, 3.8) is 0 Å². The maximum absolute atomic E-state index is 13.0. The largest absolute Gasteiger partial charge is 0.312 e. The average molecular weight is 504 g/mol. The van der Waals surface area contributed by atoms with Gasteiger partial charge in [0.05, 0.1) is 22.8 Å². The van der Waals surface area contributed by atoms with Crippen molar-refractivity contribution in [3.05, 3.63) is 99.7 Å². The molecular formula is C28H29N3O2S2. The first-order valence-corrected chi connectivity index (χ1v) is 14.2. The molecule has 1 fully saturated rings. The van der Waals surface area contributed by atoms with E-state index in [1.165, 1.54) is 16.7 Å². The lowest BCUT2D eigenvalue weighted by atomic mass is 10.1. The van der Waals surface area contributed by atoms with Gasteiger partial charge in [0, 0.05) is 18.5 Å². The molecule has 5 rings (SSSR count). The summed E-state index contributed by atoms with van der Waals surface area (Å²) in [5, 5.41) is 2.10. The molecule has 35 heavy (non-hydrogen) atoms. The quantitative estimate of drug-likeness (QED) is 0.329. The number of benzene rings is 3. The van der Waals surface area contributed by atoms with Crippen LogP contribution in [0.25, 0.3) is 11.3 Å². The molecule has 0 aliphatic carbocycles. The van der Waals surface area contributed by atoms with E-state index in [0.717, 1.165) is 34.6 Å². The Bertz CT molecular complexity index is 1480. The summed E-state index contributed by atoms with van der Waals surface area (Å²) in [6.45, 7) is 6.04. The van der Waals surface area contributed by atoms with Gasteiger partial charge in [-0.2, -0.15) is 4.31 Å². The van der Waals surface area contributed by atoms with Crippen molar-refractivity contribution < 1.29 is 8.42 Å². The first-order valence-electron chi connectivity index (χ1n) is 11.9. The van der Waals surface area contributed by atoms with E-state index in [1.807, 2.05) is 24.3 Å². The lowest BCUT2D eigenvalue weighted by Crippen LogP contribution is -2.27. The number of thiazole rings is 1. The fourth-order valence-corrected chi connectivity index (χ4v) is 6.73. The van der Waals surface area contributed by atoms with Gasteiger partial charge in [-0.3, -0.25) is 0 Å². The van der Waals surface area contributed by atoms with Gasteiger partial charge < -0.3 is 4.57 Å². The summed E-state index contributed by atoms with van der Waals surface area (Å²) in [4.78, 5) is 6.19. The molecule has 1 saturated heterocycles. The van der Waals surface area contributed by atoms with E-state index in [0.29, 0.717) is 24.5 Å². The maximum atomic E-state index is 13.0. The van der Waals surface area contributed by atoms with E-state index in [4.69, 9.17) is 4.99 Å². The summed E-state index contributed by atoms with van der Waals surface area (Å²) in [6.07, 6.45) is 1.86. The van der Waals surface area contributed by atoms with Crippen molar-refractivity contribution in [3.8, 4) is 11.3 Å². The van der Waals surface area contributed by atoms with Gasteiger partial charge in [-0.15, -0.1) is 11.3 Å². The van der Waals surface area contributed by atoms with Crippen LogP contribution < -0.4 is 4.80 Å². The number of rotatable bonds is 6. The SMILES string of the molecule is Cc1ccc(Cn2c(-c3ccc(S(=O)(=O)N4CCCC4)cc3)csc2=Nc2ccc(C)cc2)cc1. The fourth-order valence-electron chi connectivity index (χ4n) is 4.28. The highest BCUT2D eigenvalue weighted by Crippen LogP contribution is 2.26. The number of hydrogen-bond acceptors (Lipinski definition) is 4. The molecule has 1 aliphatic rings. The Balaban J connectivity index is 1.54. The van der Waals surface area contributed by atoms with Gasteiger partial charge in [0.15, 0.2) is 4.80 Å². The molecule has 7 heteroatoms. The second-order valence-corrected chi connectivity index (χ2v) is 11.8. The summed E-state index contributed by atoms with van der Waals surface area (Å²) < 4.78 is 29.7. The van der Waals surface area contributed by atoms with Crippen LogP contribution >= 0.6 is 11.3 Å². The van der Waals surface area contributed by atoms with Crippen molar-refractivity contribution >= 4 is 27.0 Å². The minimum Gasteiger partial charge on any atom is -0.312 e. The summed E-state index contributed by atoms with van der Waals surface area (Å²) in [5.41, 5.74) is 6.52. The number of nitrogens with zero attached hydrogens (tertiary/aromatic N) is 3. The summed E-state index contributed by atoms with van der Waals surface area (Å²) in [5.74, 6) is 0. The Kier molecular flexibility index (Phi) is 6.73. The molecule has 0 bridgehead atoms. The summed E-state index contributed by atoms with van der Waals surface area (Å²) in [6, 6.07) is 24.0. The van der Waals surface area contributed by atoms with E-state index in [1.54, 1.807) is 27.8 Å². The first-order chi connectivity index (χ1) is 16.9. The summed E-state index contributed by atoms with van der Waals surface area (Å²) >= 11 is 1.59. The van der Waals surface area contributed by atoms with Gasteiger partial charge in [0.25, 0.3) is 0 Å². The molecule has 180 valence electrons. The van der Waals surface area contributed by atoms with Crippen LogP contribution in [0.1, 0.15) is 29.5 Å². The van der Waals surface area contributed by atoms with Crippen molar-refractivity contribution in [2.24, 2.45) is 4.99 Å². The van der Waals surface area contributed by atoms with Crippen molar-refractivity contribution in [2.75, 3.05) is 13.1 Å². The molecule has 3 aromatic carbocycles. The van der Waals surface area contributed by atoms with Crippen LogP contribution in [0.15, 0.2) is 88.1 Å². The minimum absolute atomic E-state index is 0.355. The third kappa shape index (κ3) is 5.17. The van der Waals surface area contributed by atoms with Gasteiger partial charge in [-0.1, -0.05) is 59.7 Å². The van der Waals surface area contributed by atoms with Gasteiger partial charge in [0.1, 0.15) is 0 Å². The zero-order valence-corrected chi connectivity index (χ0v) is 21.6. The lowest BCUT2D eigenvalue weighted by Gasteiger charge is -2.16. The van der Waals surface area contributed by atoms with Crippen LogP contribution in [0.4, 0.5) is 5.69 Å². The average Bonchev–Trinajstić information content (AvgIpc) is 3.54. The predicted octanol–water partition coefficient (Wildman–Crippen LogP) is 5.90. The molecule has 2 heterocycles. The molecule has 0 unspecified atom stereocenters. The van der Waals surface area contributed by atoms with Gasteiger partial charge in [-0.25, -0.2) is 13.4 Å². The topological polar surface area (TPSA) is 54.7 Å². The molecule has 4 aromatic rings. The van der Waals surface area contributed by atoms with E-state index in [9.17, 15) is 8.42 Å². The molecule has 5 nitrogen and oxygen atoms in total. The molecule has 0 radical (unpaired) electrons. The summed E-state index contributed by atoms with van der Waals surface area (Å²) in [7, 11) is -3.43. The normalized spacial score (nSPS) is 15.1. The van der Waals surface area contributed by atoms with Crippen LogP contribution in [0, 0.1) is 13.8 Å². The third-order valence-electron chi connectivity index (χ3n) is 6.37. The molecular weight excluding hydrogens is 474 g/mol. The van der Waals surface area contributed by atoms with Crippen LogP contribution in [0.2, 0.25) is 0 Å². The fraction of sp³-hybridized carbons (Fsp3) is 0.250. The highest BCUT2D eigenvalue weighted by molar-refractivity contribution is 7.89. The Hall–Kier alpha value is -3.00. The van der Waals surface area contributed by atoms with E-state index >= 15 is 0 Å². The number of aromatic nitrogens is 1. The minimum atomic E-state index is -3.43. The van der Waals surface area contributed by atoms with Crippen molar-refractivity contribution in [1.82, 2.24) is 8.87 Å². The molecule has 0 spiro atoms. The Labute approximate surface area is 211 Å². The molecule has 0 atom stereocenters. The lowest BCUT2D eigenvalue weighted by molar-refractivity contribution is 0.477. The highest BCUT2D eigenvalue weighted by atomic mass is 32.2. The van der Waals surface area contributed by atoms with Crippen LogP contribution in [0.5, 0.6) is 0 Å². The number of hydrogen-bond donors (Lipinski definition) is 0. The third-order valence-corrected chi connectivity index (χ3v) is 9.15. The van der Waals surface area contributed by atoms with E-state index in [2.05, 4.69) is 60.2 Å². The van der Waals surface area contributed by atoms with Crippen LogP contribution in [-0.4, -0.2) is 30.4 Å². The van der Waals surface area contributed by atoms with E-state index < -0.39 is 10.0 Å². The Morgan fingerprint density at radius 3 is 2.06 bits per heavy atom. The van der Waals surface area contributed by atoms with Crippen molar-refractivity contribution in [1.29, 1.82) is 0 Å². The number of sulfonamides is 1. The molecule has 1 aliphatic heterocycles. The van der Waals surface area contributed by atoms with Gasteiger partial charge in [0.2, 0.25) is 10.0 Å². The van der Waals surface area contributed by atoms with Crippen LogP contribution in [-0.2, 0) is 16.6 Å². The second-order valence-electron chi connectivity index (χ2n) is 9.06. The van der Waals surface area contributed by atoms with Gasteiger partial charge in [-0.05, 0) is 62.1 Å². The molecule has 0 N–H and O–H groups in total. The molecule has 1 aromatic heterocycles. The van der Waals surface area contributed by atoms with Crippen LogP contribution in [0.3, 0.4) is 0 Å². The first kappa shape index (κ1) is 23.7. The molecule has 0 amide bonds. The highest BCUT2D eigenvalue weighted by Gasteiger charge is 2.27. The Morgan fingerprint density at radius 2 is 1.43 bits per heavy atom. The zero-order chi connectivity index (χ0) is 24.4. The molecule has 0 saturated carbocycles.